The van der Waals surface area contributed by atoms with Crippen molar-refractivity contribution in [2.75, 3.05) is 7.05 Å². The summed E-state index contributed by atoms with van der Waals surface area (Å²) in [5.74, 6) is 0.725. The third kappa shape index (κ3) is 2.83. The molecule has 0 aliphatic heterocycles. The molecule has 1 amide bonds. The molecule has 0 bridgehead atoms. The third-order valence-corrected chi connectivity index (χ3v) is 4.62. The SMILES string of the molecule is CNC(=O)c1c(C)sc2ccc(OCc3ccccc3)cc12. The molecule has 3 nitrogen and oxygen atoms in total. The molecule has 0 saturated carbocycles. The molecule has 0 atom stereocenters. The number of thiophene rings is 1. The van der Waals surface area contributed by atoms with E-state index in [9.17, 15) is 4.79 Å². The fourth-order valence-corrected chi connectivity index (χ4v) is 3.48. The van der Waals surface area contributed by atoms with E-state index in [1.807, 2.05) is 55.5 Å². The minimum absolute atomic E-state index is 0.0519. The zero-order valence-electron chi connectivity index (χ0n) is 12.6. The van der Waals surface area contributed by atoms with Crippen LogP contribution in [0.5, 0.6) is 5.75 Å². The van der Waals surface area contributed by atoms with Gasteiger partial charge in [-0.05, 0) is 30.7 Å². The topological polar surface area (TPSA) is 38.3 Å². The highest BCUT2D eigenvalue weighted by molar-refractivity contribution is 7.19. The van der Waals surface area contributed by atoms with Gasteiger partial charge in [-0.25, -0.2) is 0 Å². The number of carbonyl (C=O) groups is 1. The zero-order valence-corrected chi connectivity index (χ0v) is 13.4. The summed E-state index contributed by atoms with van der Waals surface area (Å²) in [4.78, 5) is 13.1. The van der Waals surface area contributed by atoms with Gasteiger partial charge in [-0.2, -0.15) is 0 Å². The monoisotopic (exact) mass is 311 g/mol. The van der Waals surface area contributed by atoms with E-state index in [4.69, 9.17) is 4.74 Å². The number of hydrogen-bond acceptors (Lipinski definition) is 3. The number of nitrogens with one attached hydrogen (secondary N) is 1. The van der Waals surface area contributed by atoms with Crippen LogP contribution in [-0.4, -0.2) is 13.0 Å². The first kappa shape index (κ1) is 14.6. The van der Waals surface area contributed by atoms with Crippen LogP contribution in [0.2, 0.25) is 0 Å². The summed E-state index contributed by atoms with van der Waals surface area (Å²) in [7, 11) is 1.65. The first-order valence-electron chi connectivity index (χ1n) is 7.11. The summed E-state index contributed by atoms with van der Waals surface area (Å²) in [6.07, 6.45) is 0. The van der Waals surface area contributed by atoms with Gasteiger partial charge in [0.25, 0.3) is 5.91 Å². The molecule has 0 unspecified atom stereocenters. The highest BCUT2D eigenvalue weighted by Crippen LogP contribution is 2.33. The van der Waals surface area contributed by atoms with Crippen molar-refractivity contribution in [3.8, 4) is 5.75 Å². The molecule has 1 heterocycles. The fraction of sp³-hybridized carbons (Fsp3) is 0.167. The predicted octanol–water partition coefficient (Wildman–Crippen LogP) is 4.15. The van der Waals surface area contributed by atoms with Gasteiger partial charge in [0.2, 0.25) is 0 Å². The maximum Gasteiger partial charge on any atom is 0.252 e. The molecule has 1 aromatic heterocycles. The molecule has 3 aromatic rings. The smallest absolute Gasteiger partial charge is 0.252 e. The van der Waals surface area contributed by atoms with Crippen molar-refractivity contribution in [1.29, 1.82) is 0 Å². The number of hydrogen-bond donors (Lipinski definition) is 1. The first-order chi connectivity index (χ1) is 10.7. The van der Waals surface area contributed by atoms with E-state index in [2.05, 4.69) is 5.32 Å². The van der Waals surface area contributed by atoms with E-state index in [0.717, 1.165) is 31.8 Å². The molecule has 1 N–H and O–H groups in total. The van der Waals surface area contributed by atoms with Crippen LogP contribution in [-0.2, 0) is 6.61 Å². The number of carbonyl (C=O) groups excluding carboxylic acids is 1. The van der Waals surface area contributed by atoms with E-state index < -0.39 is 0 Å². The second-order valence-corrected chi connectivity index (χ2v) is 6.30. The van der Waals surface area contributed by atoms with E-state index in [1.165, 1.54) is 0 Å². The van der Waals surface area contributed by atoms with Crippen molar-refractivity contribution < 1.29 is 9.53 Å². The van der Waals surface area contributed by atoms with E-state index in [1.54, 1.807) is 18.4 Å². The molecule has 112 valence electrons. The summed E-state index contributed by atoms with van der Waals surface area (Å²) >= 11 is 1.63. The maximum atomic E-state index is 12.1. The minimum Gasteiger partial charge on any atom is -0.489 e. The highest BCUT2D eigenvalue weighted by Gasteiger charge is 2.15. The quantitative estimate of drug-likeness (QED) is 0.786. The Morgan fingerprint density at radius 3 is 2.68 bits per heavy atom. The summed E-state index contributed by atoms with van der Waals surface area (Å²) in [6, 6.07) is 16.0. The number of amides is 1. The lowest BCUT2D eigenvalue weighted by molar-refractivity contribution is 0.0964. The Morgan fingerprint density at radius 2 is 1.95 bits per heavy atom. The van der Waals surface area contributed by atoms with Gasteiger partial charge < -0.3 is 10.1 Å². The van der Waals surface area contributed by atoms with Crippen LogP contribution in [0.1, 0.15) is 20.8 Å². The molecule has 0 saturated heterocycles. The van der Waals surface area contributed by atoms with Crippen molar-refractivity contribution in [1.82, 2.24) is 5.32 Å². The van der Waals surface area contributed by atoms with Gasteiger partial charge in [0.1, 0.15) is 12.4 Å². The van der Waals surface area contributed by atoms with Gasteiger partial charge in [-0.3, -0.25) is 4.79 Å². The van der Waals surface area contributed by atoms with Crippen LogP contribution in [0.25, 0.3) is 10.1 Å². The van der Waals surface area contributed by atoms with Crippen molar-refractivity contribution in [2.24, 2.45) is 0 Å². The highest BCUT2D eigenvalue weighted by atomic mass is 32.1. The summed E-state index contributed by atoms with van der Waals surface area (Å²) in [5.41, 5.74) is 1.86. The number of fused-ring (bicyclic) bond motifs is 1. The second-order valence-electron chi connectivity index (χ2n) is 5.04. The Bertz CT molecular complexity index is 809. The van der Waals surface area contributed by atoms with Crippen molar-refractivity contribution in [3.05, 3.63) is 64.5 Å². The largest absolute Gasteiger partial charge is 0.489 e. The molecule has 22 heavy (non-hydrogen) atoms. The zero-order chi connectivity index (χ0) is 15.5. The van der Waals surface area contributed by atoms with Crippen LogP contribution in [0.3, 0.4) is 0 Å². The normalized spacial score (nSPS) is 10.6. The van der Waals surface area contributed by atoms with Crippen LogP contribution < -0.4 is 10.1 Å². The first-order valence-corrected chi connectivity index (χ1v) is 7.92. The average Bonchev–Trinajstić information content (AvgIpc) is 2.88. The lowest BCUT2D eigenvalue weighted by atomic mass is 10.1. The van der Waals surface area contributed by atoms with Gasteiger partial charge in [-0.15, -0.1) is 11.3 Å². The standard InChI is InChI=1S/C18H17NO2S/c1-12-17(18(20)19-2)15-10-14(8-9-16(15)22-12)21-11-13-6-4-3-5-7-13/h3-10H,11H2,1-2H3,(H,19,20). The molecule has 0 fully saturated rings. The second kappa shape index (κ2) is 6.20. The molecule has 3 rings (SSSR count). The molecule has 0 aliphatic carbocycles. The molecular formula is C18H17NO2S. The lowest BCUT2D eigenvalue weighted by Gasteiger charge is -2.07. The van der Waals surface area contributed by atoms with Crippen molar-refractivity contribution in [2.45, 2.75) is 13.5 Å². The summed E-state index contributed by atoms with van der Waals surface area (Å²) in [6.45, 7) is 2.49. The Kier molecular flexibility index (Phi) is 4.11. The Hall–Kier alpha value is -2.33. The van der Waals surface area contributed by atoms with Gasteiger partial charge in [0.05, 0.1) is 5.56 Å². The number of ether oxygens (including phenoxy) is 1. The number of rotatable bonds is 4. The van der Waals surface area contributed by atoms with Crippen molar-refractivity contribution in [3.63, 3.8) is 0 Å². The predicted molar refractivity (Wildman–Crippen MR) is 90.7 cm³/mol. The van der Waals surface area contributed by atoms with Crippen LogP contribution in [0, 0.1) is 6.92 Å². The van der Waals surface area contributed by atoms with Crippen LogP contribution in [0.4, 0.5) is 0 Å². The van der Waals surface area contributed by atoms with E-state index in [-0.39, 0.29) is 5.91 Å². The van der Waals surface area contributed by atoms with Gasteiger partial charge in [0.15, 0.2) is 0 Å². The van der Waals surface area contributed by atoms with E-state index in [0.29, 0.717) is 6.61 Å². The number of benzene rings is 2. The number of aryl methyl sites for hydroxylation is 1. The van der Waals surface area contributed by atoms with Crippen LogP contribution in [0.15, 0.2) is 48.5 Å². The van der Waals surface area contributed by atoms with E-state index >= 15 is 0 Å². The molecule has 4 heteroatoms. The molecule has 0 spiro atoms. The summed E-state index contributed by atoms with van der Waals surface area (Å²) in [5, 5.41) is 3.66. The van der Waals surface area contributed by atoms with Gasteiger partial charge in [0, 0.05) is 22.0 Å². The molecule has 0 radical (unpaired) electrons. The average molecular weight is 311 g/mol. The Labute approximate surface area is 133 Å². The maximum absolute atomic E-state index is 12.1. The molecule has 0 aliphatic rings. The third-order valence-electron chi connectivity index (χ3n) is 3.54. The van der Waals surface area contributed by atoms with Gasteiger partial charge in [-0.1, -0.05) is 30.3 Å². The van der Waals surface area contributed by atoms with Gasteiger partial charge >= 0.3 is 0 Å². The minimum atomic E-state index is -0.0519. The van der Waals surface area contributed by atoms with Crippen molar-refractivity contribution >= 4 is 27.3 Å². The Balaban J connectivity index is 1.90. The lowest BCUT2D eigenvalue weighted by Crippen LogP contribution is -2.18. The molecular weight excluding hydrogens is 294 g/mol. The summed E-state index contributed by atoms with van der Waals surface area (Å²) < 4.78 is 6.95. The van der Waals surface area contributed by atoms with Crippen LogP contribution >= 0.6 is 11.3 Å². The molecule has 2 aromatic carbocycles. The Morgan fingerprint density at radius 1 is 1.18 bits per heavy atom. The fourth-order valence-electron chi connectivity index (χ4n) is 2.44.